The van der Waals surface area contributed by atoms with Crippen LogP contribution in [0, 0.1) is 5.82 Å². The number of hydrogen-bond donors (Lipinski definition) is 1. The third-order valence-corrected chi connectivity index (χ3v) is 3.86. The van der Waals surface area contributed by atoms with Crippen molar-refractivity contribution in [2.75, 3.05) is 6.54 Å². The van der Waals surface area contributed by atoms with E-state index in [1.807, 2.05) is 24.3 Å². The summed E-state index contributed by atoms with van der Waals surface area (Å²) < 4.78 is 13.9. The third kappa shape index (κ3) is 3.25. The zero-order chi connectivity index (χ0) is 13.0. The molecule has 0 spiro atoms. The fraction of sp³-hybridized carbons (Fsp3) is 0.143. The lowest BCUT2D eigenvalue weighted by Crippen LogP contribution is -2.04. The first-order chi connectivity index (χ1) is 8.70. The van der Waals surface area contributed by atoms with Gasteiger partial charge in [0.1, 0.15) is 5.82 Å². The Kier molecular flexibility index (Phi) is 4.64. The summed E-state index contributed by atoms with van der Waals surface area (Å²) in [6.45, 7) is 0.507. The van der Waals surface area contributed by atoms with Crippen LogP contribution in [0.5, 0.6) is 0 Å². The van der Waals surface area contributed by atoms with Crippen molar-refractivity contribution in [3.63, 3.8) is 0 Å². The highest BCUT2D eigenvalue weighted by Gasteiger charge is 2.09. The molecule has 0 saturated carbocycles. The van der Waals surface area contributed by atoms with E-state index in [2.05, 4.69) is 0 Å². The van der Waals surface area contributed by atoms with Gasteiger partial charge in [-0.1, -0.05) is 41.6 Å². The topological polar surface area (TPSA) is 26.0 Å². The summed E-state index contributed by atoms with van der Waals surface area (Å²) in [6, 6.07) is 12.5. The molecule has 0 aromatic heterocycles. The van der Waals surface area contributed by atoms with Gasteiger partial charge in [-0.15, -0.1) is 0 Å². The number of rotatable bonds is 4. The SMILES string of the molecule is NCCc1cccc(F)c1Sc1cccc(Cl)c1. The molecule has 2 aromatic rings. The van der Waals surface area contributed by atoms with Crippen LogP contribution in [0.15, 0.2) is 52.3 Å². The molecule has 0 atom stereocenters. The van der Waals surface area contributed by atoms with Crippen LogP contribution in [0.2, 0.25) is 5.02 Å². The fourth-order valence-electron chi connectivity index (χ4n) is 1.67. The second kappa shape index (κ2) is 6.23. The van der Waals surface area contributed by atoms with Crippen LogP contribution in [0.1, 0.15) is 5.56 Å². The van der Waals surface area contributed by atoms with Crippen molar-refractivity contribution in [1.29, 1.82) is 0 Å². The van der Waals surface area contributed by atoms with E-state index in [4.69, 9.17) is 17.3 Å². The highest BCUT2D eigenvalue weighted by molar-refractivity contribution is 7.99. The maximum Gasteiger partial charge on any atom is 0.137 e. The van der Waals surface area contributed by atoms with E-state index < -0.39 is 0 Å². The van der Waals surface area contributed by atoms with Crippen molar-refractivity contribution < 1.29 is 4.39 Å². The Morgan fingerprint density at radius 3 is 2.67 bits per heavy atom. The number of benzene rings is 2. The van der Waals surface area contributed by atoms with Crippen molar-refractivity contribution in [1.82, 2.24) is 0 Å². The first kappa shape index (κ1) is 13.4. The van der Waals surface area contributed by atoms with Crippen molar-refractivity contribution in [2.24, 2.45) is 5.73 Å². The minimum atomic E-state index is -0.217. The molecule has 0 bridgehead atoms. The average molecular weight is 282 g/mol. The number of hydrogen-bond acceptors (Lipinski definition) is 2. The Labute approximate surface area is 115 Å². The van der Waals surface area contributed by atoms with Gasteiger partial charge < -0.3 is 5.73 Å². The van der Waals surface area contributed by atoms with Crippen LogP contribution in [-0.2, 0) is 6.42 Å². The van der Waals surface area contributed by atoms with Gasteiger partial charge in [0.2, 0.25) is 0 Å². The molecule has 2 aromatic carbocycles. The van der Waals surface area contributed by atoms with E-state index in [0.717, 1.165) is 10.5 Å². The minimum Gasteiger partial charge on any atom is -0.330 e. The Hall–Kier alpha value is -1.03. The van der Waals surface area contributed by atoms with Crippen molar-refractivity contribution >= 4 is 23.4 Å². The second-order valence-corrected chi connectivity index (χ2v) is 5.35. The normalized spacial score (nSPS) is 10.6. The predicted molar refractivity (Wildman–Crippen MR) is 74.7 cm³/mol. The van der Waals surface area contributed by atoms with Crippen molar-refractivity contribution in [3.8, 4) is 0 Å². The molecule has 0 heterocycles. The second-order valence-electron chi connectivity index (χ2n) is 3.83. The summed E-state index contributed by atoms with van der Waals surface area (Å²) in [7, 11) is 0. The van der Waals surface area contributed by atoms with Gasteiger partial charge in [-0.3, -0.25) is 0 Å². The molecule has 4 heteroatoms. The highest BCUT2D eigenvalue weighted by Crippen LogP contribution is 2.33. The number of nitrogens with two attached hydrogens (primary N) is 1. The van der Waals surface area contributed by atoms with Gasteiger partial charge in [-0.2, -0.15) is 0 Å². The summed E-state index contributed by atoms with van der Waals surface area (Å²) in [5.41, 5.74) is 6.48. The summed E-state index contributed by atoms with van der Waals surface area (Å²) >= 11 is 7.30. The van der Waals surface area contributed by atoms with E-state index in [-0.39, 0.29) is 5.82 Å². The third-order valence-electron chi connectivity index (χ3n) is 2.48. The first-order valence-electron chi connectivity index (χ1n) is 5.61. The first-order valence-corrected chi connectivity index (χ1v) is 6.81. The average Bonchev–Trinajstić information content (AvgIpc) is 2.34. The van der Waals surface area contributed by atoms with Gasteiger partial charge in [-0.05, 0) is 42.8 Å². The molecule has 0 aliphatic rings. The number of halogens is 2. The molecule has 0 amide bonds. The molecular formula is C14H13ClFNS. The molecule has 2 N–H and O–H groups in total. The molecule has 1 nitrogen and oxygen atoms in total. The Balaban J connectivity index is 2.33. The van der Waals surface area contributed by atoms with Crippen molar-refractivity contribution in [2.45, 2.75) is 16.2 Å². The van der Waals surface area contributed by atoms with E-state index in [9.17, 15) is 4.39 Å². The van der Waals surface area contributed by atoms with Gasteiger partial charge in [0.05, 0.1) is 4.90 Å². The smallest absolute Gasteiger partial charge is 0.137 e. The van der Waals surface area contributed by atoms with Gasteiger partial charge in [-0.25, -0.2) is 4.39 Å². The van der Waals surface area contributed by atoms with Crippen LogP contribution >= 0.6 is 23.4 Å². The Bertz CT molecular complexity index is 545. The summed E-state index contributed by atoms with van der Waals surface area (Å²) in [5.74, 6) is -0.217. The predicted octanol–water partition coefficient (Wildman–Crippen LogP) is 4.13. The van der Waals surface area contributed by atoms with E-state index in [1.165, 1.54) is 17.8 Å². The van der Waals surface area contributed by atoms with Crippen LogP contribution < -0.4 is 5.73 Å². The summed E-state index contributed by atoms with van der Waals surface area (Å²) in [4.78, 5) is 1.55. The van der Waals surface area contributed by atoms with Gasteiger partial charge in [0.15, 0.2) is 0 Å². The van der Waals surface area contributed by atoms with Gasteiger partial charge in [0, 0.05) is 9.92 Å². The lowest BCUT2D eigenvalue weighted by Gasteiger charge is -2.09. The molecular weight excluding hydrogens is 269 g/mol. The Morgan fingerprint density at radius 2 is 1.94 bits per heavy atom. The largest absolute Gasteiger partial charge is 0.330 e. The zero-order valence-electron chi connectivity index (χ0n) is 9.70. The maximum atomic E-state index is 13.9. The highest BCUT2D eigenvalue weighted by atomic mass is 35.5. The molecule has 0 aliphatic carbocycles. The fourth-order valence-corrected chi connectivity index (χ4v) is 2.96. The van der Waals surface area contributed by atoms with Gasteiger partial charge in [0.25, 0.3) is 0 Å². The molecule has 0 aliphatic heterocycles. The molecule has 0 fully saturated rings. The van der Waals surface area contributed by atoms with Crippen LogP contribution in [-0.4, -0.2) is 6.54 Å². The maximum absolute atomic E-state index is 13.9. The zero-order valence-corrected chi connectivity index (χ0v) is 11.3. The lowest BCUT2D eigenvalue weighted by molar-refractivity contribution is 0.597. The summed E-state index contributed by atoms with van der Waals surface area (Å²) in [6.07, 6.45) is 0.667. The minimum absolute atomic E-state index is 0.217. The van der Waals surface area contributed by atoms with Crippen LogP contribution in [0.4, 0.5) is 4.39 Å². The van der Waals surface area contributed by atoms with E-state index in [0.29, 0.717) is 22.9 Å². The molecule has 0 radical (unpaired) electrons. The van der Waals surface area contributed by atoms with Crippen LogP contribution in [0.3, 0.4) is 0 Å². The standard InChI is InChI=1S/C14H13ClFNS/c15-11-4-2-5-12(9-11)18-14-10(7-8-17)3-1-6-13(14)16/h1-6,9H,7-8,17H2. The van der Waals surface area contributed by atoms with E-state index >= 15 is 0 Å². The molecule has 0 unspecified atom stereocenters. The van der Waals surface area contributed by atoms with E-state index in [1.54, 1.807) is 12.1 Å². The Morgan fingerprint density at radius 1 is 1.17 bits per heavy atom. The van der Waals surface area contributed by atoms with Gasteiger partial charge >= 0.3 is 0 Å². The van der Waals surface area contributed by atoms with Crippen molar-refractivity contribution in [3.05, 3.63) is 58.9 Å². The monoisotopic (exact) mass is 281 g/mol. The lowest BCUT2D eigenvalue weighted by atomic mass is 10.1. The molecule has 18 heavy (non-hydrogen) atoms. The molecule has 2 rings (SSSR count). The molecule has 0 saturated heterocycles. The molecule has 94 valence electrons. The van der Waals surface area contributed by atoms with Crippen LogP contribution in [0.25, 0.3) is 0 Å². The quantitative estimate of drug-likeness (QED) is 0.912. The summed E-state index contributed by atoms with van der Waals surface area (Å²) in [5, 5.41) is 0.650.